The molecule has 1 heterocycles. The van der Waals surface area contributed by atoms with Crippen LogP contribution in [-0.4, -0.2) is 39.9 Å². The molecule has 0 aliphatic carbocycles. The Morgan fingerprint density at radius 3 is 2.58 bits per heavy atom. The third-order valence-corrected chi connectivity index (χ3v) is 3.74. The van der Waals surface area contributed by atoms with E-state index >= 15 is 0 Å². The monoisotopic (exact) mass is 264 g/mol. The largest absolute Gasteiger partial charge is 0.493 e. The van der Waals surface area contributed by atoms with Crippen LogP contribution in [0.1, 0.15) is 13.8 Å². The van der Waals surface area contributed by atoms with E-state index in [0.717, 1.165) is 31.1 Å². The Morgan fingerprint density at radius 1 is 1.21 bits per heavy atom. The number of nitrogens with one attached hydrogen (secondary N) is 1. The third-order valence-electron chi connectivity index (χ3n) is 3.74. The van der Waals surface area contributed by atoms with Gasteiger partial charge < -0.3 is 19.7 Å². The summed E-state index contributed by atoms with van der Waals surface area (Å²) in [6, 6.07) is 6.67. The summed E-state index contributed by atoms with van der Waals surface area (Å²) in [4.78, 5) is 2.41. The first-order valence-corrected chi connectivity index (χ1v) is 6.86. The minimum Gasteiger partial charge on any atom is -0.493 e. The maximum atomic E-state index is 5.37. The quantitative estimate of drug-likeness (QED) is 0.903. The molecule has 1 atom stereocenters. The van der Waals surface area contributed by atoms with E-state index in [9.17, 15) is 0 Å². The van der Waals surface area contributed by atoms with Crippen molar-refractivity contribution in [1.29, 1.82) is 0 Å². The van der Waals surface area contributed by atoms with E-state index in [2.05, 4.69) is 36.2 Å². The molecule has 19 heavy (non-hydrogen) atoms. The highest BCUT2D eigenvalue weighted by molar-refractivity contribution is 5.56. The fraction of sp³-hybridized carbons (Fsp3) is 0.600. The number of ether oxygens (including phenoxy) is 2. The Balaban J connectivity index is 2.17. The second-order valence-corrected chi connectivity index (χ2v) is 5.29. The van der Waals surface area contributed by atoms with Crippen LogP contribution in [0.3, 0.4) is 0 Å². The second-order valence-electron chi connectivity index (χ2n) is 5.29. The van der Waals surface area contributed by atoms with Crippen molar-refractivity contribution in [2.24, 2.45) is 5.92 Å². The van der Waals surface area contributed by atoms with Crippen molar-refractivity contribution in [3.8, 4) is 11.5 Å². The van der Waals surface area contributed by atoms with Crippen molar-refractivity contribution in [2.45, 2.75) is 19.9 Å². The van der Waals surface area contributed by atoms with Crippen LogP contribution < -0.4 is 19.7 Å². The molecule has 0 saturated carbocycles. The molecule has 0 bridgehead atoms. The number of hydrogen-bond donors (Lipinski definition) is 1. The molecule has 0 radical (unpaired) electrons. The average Bonchev–Trinajstić information content (AvgIpc) is 2.46. The number of nitrogens with zero attached hydrogens (tertiary/aromatic N) is 1. The van der Waals surface area contributed by atoms with Gasteiger partial charge in [0.05, 0.1) is 14.2 Å². The molecule has 1 N–H and O–H groups in total. The van der Waals surface area contributed by atoms with Crippen LogP contribution in [-0.2, 0) is 0 Å². The van der Waals surface area contributed by atoms with Gasteiger partial charge in [0.25, 0.3) is 0 Å². The third kappa shape index (κ3) is 3.13. The van der Waals surface area contributed by atoms with Gasteiger partial charge in [0, 0.05) is 37.4 Å². The number of rotatable bonds is 4. The van der Waals surface area contributed by atoms with E-state index < -0.39 is 0 Å². The molecule has 1 fully saturated rings. The first-order valence-electron chi connectivity index (χ1n) is 6.86. The summed E-state index contributed by atoms with van der Waals surface area (Å²) in [7, 11) is 3.34. The van der Waals surface area contributed by atoms with Crippen molar-refractivity contribution in [1.82, 2.24) is 5.32 Å². The molecule has 1 aliphatic heterocycles. The van der Waals surface area contributed by atoms with Gasteiger partial charge in [-0.25, -0.2) is 0 Å². The van der Waals surface area contributed by atoms with Crippen LogP contribution in [0.15, 0.2) is 18.2 Å². The van der Waals surface area contributed by atoms with Gasteiger partial charge in [-0.05, 0) is 18.1 Å². The smallest absolute Gasteiger partial charge is 0.162 e. The first-order chi connectivity index (χ1) is 9.15. The highest BCUT2D eigenvalue weighted by Gasteiger charge is 2.22. The molecule has 1 aromatic carbocycles. The van der Waals surface area contributed by atoms with E-state index in [1.165, 1.54) is 5.69 Å². The summed E-state index contributed by atoms with van der Waals surface area (Å²) < 4.78 is 10.7. The predicted octanol–water partition coefficient (Wildman–Crippen LogP) is 2.14. The van der Waals surface area contributed by atoms with Gasteiger partial charge >= 0.3 is 0 Å². The van der Waals surface area contributed by atoms with Crippen LogP contribution in [0.25, 0.3) is 0 Å². The summed E-state index contributed by atoms with van der Waals surface area (Å²) in [6.45, 7) is 7.61. The van der Waals surface area contributed by atoms with Crippen molar-refractivity contribution in [3.05, 3.63) is 18.2 Å². The number of anilines is 1. The van der Waals surface area contributed by atoms with E-state index in [1.54, 1.807) is 14.2 Å². The minimum absolute atomic E-state index is 0.543. The van der Waals surface area contributed by atoms with Gasteiger partial charge in [-0.3, -0.25) is 0 Å². The SMILES string of the molecule is COc1ccc(N2CCNC(C(C)C)C2)cc1OC. The van der Waals surface area contributed by atoms with Crippen molar-refractivity contribution >= 4 is 5.69 Å². The molecule has 4 nitrogen and oxygen atoms in total. The number of piperazine rings is 1. The van der Waals surface area contributed by atoms with Gasteiger partial charge in [0.2, 0.25) is 0 Å². The van der Waals surface area contributed by atoms with E-state index in [4.69, 9.17) is 9.47 Å². The first kappa shape index (κ1) is 14.0. The van der Waals surface area contributed by atoms with Gasteiger partial charge in [0.1, 0.15) is 0 Å². The minimum atomic E-state index is 0.543. The molecule has 1 saturated heterocycles. The lowest BCUT2D eigenvalue weighted by Crippen LogP contribution is -2.52. The summed E-state index contributed by atoms with van der Waals surface area (Å²) in [5.74, 6) is 2.21. The molecule has 0 aromatic heterocycles. The standard InChI is InChI=1S/C15H24N2O2/c1-11(2)13-10-17(8-7-16-13)12-5-6-14(18-3)15(9-12)19-4/h5-6,9,11,13,16H,7-8,10H2,1-4H3. The highest BCUT2D eigenvalue weighted by atomic mass is 16.5. The Hall–Kier alpha value is -1.42. The lowest BCUT2D eigenvalue weighted by atomic mass is 10.0. The fourth-order valence-electron chi connectivity index (χ4n) is 2.48. The molecule has 106 valence electrons. The molecule has 1 unspecified atom stereocenters. The molecule has 1 aromatic rings. The summed E-state index contributed by atoms with van der Waals surface area (Å²) in [5.41, 5.74) is 1.20. The van der Waals surface area contributed by atoms with Gasteiger partial charge in [-0.1, -0.05) is 13.8 Å². The van der Waals surface area contributed by atoms with Crippen molar-refractivity contribution in [2.75, 3.05) is 38.8 Å². The number of methoxy groups -OCH3 is 2. The summed E-state index contributed by atoms with van der Waals surface area (Å²) in [5, 5.41) is 3.57. The van der Waals surface area contributed by atoms with E-state index in [0.29, 0.717) is 12.0 Å². The molecular formula is C15H24N2O2. The van der Waals surface area contributed by atoms with Crippen LogP contribution in [0.2, 0.25) is 0 Å². The average molecular weight is 264 g/mol. The van der Waals surface area contributed by atoms with Crippen LogP contribution in [0.4, 0.5) is 5.69 Å². The molecular weight excluding hydrogens is 240 g/mol. The predicted molar refractivity (Wildman–Crippen MR) is 78.4 cm³/mol. The van der Waals surface area contributed by atoms with Crippen molar-refractivity contribution < 1.29 is 9.47 Å². The maximum Gasteiger partial charge on any atom is 0.162 e. The zero-order chi connectivity index (χ0) is 13.8. The zero-order valence-electron chi connectivity index (χ0n) is 12.3. The lowest BCUT2D eigenvalue weighted by molar-refractivity contribution is 0.353. The topological polar surface area (TPSA) is 33.7 Å². The number of hydrogen-bond acceptors (Lipinski definition) is 4. The van der Waals surface area contributed by atoms with E-state index in [-0.39, 0.29) is 0 Å². The maximum absolute atomic E-state index is 5.37. The van der Waals surface area contributed by atoms with E-state index in [1.807, 2.05) is 6.07 Å². The van der Waals surface area contributed by atoms with Crippen LogP contribution >= 0.6 is 0 Å². The van der Waals surface area contributed by atoms with Crippen molar-refractivity contribution in [3.63, 3.8) is 0 Å². The Bertz CT molecular complexity index is 421. The van der Waals surface area contributed by atoms with Gasteiger partial charge in [-0.15, -0.1) is 0 Å². The summed E-state index contributed by atoms with van der Waals surface area (Å²) in [6.07, 6.45) is 0. The summed E-state index contributed by atoms with van der Waals surface area (Å²) >= 11 is 0. The molecule has 4 heteroatoms. The molecule has 1 aliphatic rings. The Labute approximate surface area is 115 Å². The molecule has 2 rings (SSSR count). The normalized spacial score (nSPS) is 19.6. The Kier molecular flexibility index (Phi) is 4.53. The lowest BCUT2D eigenvalue weighted by Gasteiger charge is -2.37. The molecule has 0 spiro atoms. The van der Waals surface area contributed by atoms with Crippen LogP contribution in [0.5, 0.6) is 11.5 Å². The van der Waals surface area contributed by atoms with Gasteiger partial charge in [-0.2, -0.15) is 0 Å². The zero-order valence-corrected chi connectivity index (χ0v) is 12.3. The molecule has 0 amide bonds. The fourth-order valence-corrected chi connectivity index (χ4v) is 2.48. The van der Waals surface area contributed by atoms with Crippen LogP contribution in [0, 0.1) is 5.92 Å². The number of benzene rings is 1. The second kappa shape index (κ2) is 6.15. The Morgan fingerprint density at radius 2 is 1.95 bits per heavy atom. The van der Waals surface area contributed by atoms with Gasteiger partial charge in [0.15, 0.2) is 11.5 Å². The highest BCUT2D eigenvalue weighted by Crippen LogP contribution is 2.32.